The summed E-state index contributed by atoms with van der Waals surface area (Å²) in [6.07, 6.45) is 5.92. The van der Waals surface area contributed by atoms with Crippen molar-refractivity contribution in [2.45, 2.75) is 32.2 Å². The lowest BCUT2D eigenvalue weighted by atomic mass is 9.92. The van der Waals surface area contributed by atoms with Crippen molar-refractivity contribution in [3.63, 3.8) is 0 Å². The molecule has 4 nitrogen and oxygen atoms in total. The Morgan fingerprint density at radius 2 is 1.97 bits per heavy atom. The van der Waals surface area contributed by atoms with Gasteiger partial charge in [-0.2, -0.15) is 0 Å². The van der Waals surface area contributed by atoms with Gasteiger partial charge in [0.15, 0.2) is 0 Å². The number of rotatable bonds is 6. The summed E-state index contributed by atoms with van der Waals surface area (Å²) >= 11 is 8.93. The Labute approximate surface area is 190 Å². The summed E-state index contributed by atoms with van der Waals surface area (Å²) in [6, 6.07) is 6.78. The average Bonchev–Trinajstić information content (AvgIpc) is 3.04. The molecule has 0 spiro atoms. The summed E-state index contributed by atoms with van der Waals surface area (Å²) in [7, 11) is 0. The fourth-order valence-electron chi connectivity index (χ4n) is 3.97. The van der Waals surface area contributed by atoms with Gasteiger partial charge in [0.2, 0.25) is 0 Å². The largest absolute Gasteiger partial charge is 0.305 e. The SMILES string of the molecule is O=c1ccc2ncc(F)cc2n1CCN1CCC(CCc2cc(Br)c(Br)s2)CC1. The van der Waals surface area contributed by atoms with Crippen LogP contribution in [-0.2, 0) is 13.0 Å². The van der Waals surface area contributed by atoms with Crippen LogP contribution in [0, 0.1) is 11.7 Å². The lowest BCUT2D eigenvalue weighted by Crippen LogP contribution is -2.37. The van der Waals surface area contributed by atoms with E-state index in [1.54, 1.807) is 10.6 Å². The summed E-state index contributed by atoms with van der Waals surface area (Å²) in [4.78, 5) is 20.2. The van der Waals surface area contributed by atoms with Crippen molar-refractivity contribution in [2.24, 2.45) is 5.92 Å². The summed E-state index contributed by atoms with van der Waals surface area (Å²) < 4.78 is 17.6. The second-order valence-electron chi connectivity index (χ2n) is 7.54. The molecule has 0 atom stereocenters. The standard InChI is InChI=1S/C21H22Br2FN3OS/c22-17-12-16(29-21(17)23)2-1-14-5-7-26(8-6-14)9-10-27-19-11-15(24)13-25-18(19)3-4-20(27)28/h3-4,11-14H,1-2,5-10H2. The molecule has 0 aromatic carbocycles. The van der Waals surface area contributed by atoms with E-state index in [1.807, 2.05) is 11.3 Å². The maximum Gasteiger partial charge on any atom is 0.251 e. The van der Waals surface area contributed by atoms with Gasteiger partial charge >= 0.3 is 0 Å². The molecule has 1 aliphatic rings. The average molecular weight is 543 g/mol. The van der Waals surface area contributed by atoms with Crippen molar-refractivity contribution >= 4 is 54.2 Å². The first-order valence-electron chi connectivity index (χ1n) is 9.81. The van der Waals surface area contributed by atoms with Crippen LogP contribution in [-0.4, -0.2) is 34.1 Å². The number of pyridine rings is 2. The molecule has 8 heteroatoms. The van der Waals surface area contributed by atoms with Crippen LogP contribution in [0.3, 0.4) is 0 Å². The minimum absolute atomic E-state index is 0.104. The number of aromatic nitrogens is 2. The summed E-state index contributed by atoms with van der Waals surface area (Å²) in [5.41, 5.74) is 1.12. The van der Waals surface area contributed by atoms with Gasteiger partial charge < -0.3 is 9.47 Å². The van der Waals surface area contributed by atoms with Gasteiger partial charge in [-0.05, 0) is 88.7 Å². The molecule has 4 heterocycles. The Hall–Kier alpha value is -1.09. The Kier molecular flexibility index (Phi) is 6.83. The zero-order valence-electron chi connectivity index (χ0n) is 15.9. The molecule has 0 amide bonds. The van der Waals surface area contributed by atoms with E-state index >= 15 is 0 Å². The van der Waals surface area contributed by atoms with Crippen LogP contribution >= 0.6 is 43.2 Å². The zero-order chi connectivity index (χ0) is 20.4. The highest BCUT2D eigenvalue weighted by Crippen LogP contribution is 2.34. The van der Waals surface area contributed by atoms with E-state index in [0.29, 0.717) is 17.6 Å². The molecule has 29 heavy (non-hydrogen) atoms. The molecule has 0 N–H and O–H groups in total. The number of hydrogen-bond donors (Lipinski definition) is 0. The molecule has 3 aromatic heterocycles. The van der Waals surface area contributed by atoms with Crippen LogP contribution in [0.1, 0.15) is 24.1 Å². The van der Waals surface area contributed by atoms with Crippen molar-refractivity contribution in [1.29, 1.82) is 0 Å². The van der Waals surface area contributed by atoms with Gasteiger partial charge in [-0.25, -0.2) is 4.39 Å². The zero-order valence-corrected chi connectivity index (χ0v) is 19.9. The smallest absolute Gasteiger partial charge is 0.251 e. The molecule has 0 unspecified atom stereocenters. The maximum absolute atomic E-state index is 13.6. The third-order valence-corrected chi connectivity index (χ3v) is 8.96. The van der Waals surface area contributed by atoms with E-state index in [2.05, 4.69) is 47.8 Å². The van der Waals surface area contributed by atoms with Gasteiger partial charge in [0, 0.05) is 34.6 Å². The van der Waals surface area contributed by atoms with Gasteiger partial charge in [0.05, 0.1) is 21.0 Å². The van der Waals surface area contributed by atoms with E-state index in [-0.39, 0.29) is 5.56 Å². The lowest BCUT2D eigenvalue weighted by molar-refractivity contribution is 0.174. The second kappa shape index (κ2) is 9.37. The van der Waals surface area contributed by atoms with Gasteiger partial charge in [-0.3, -0.25) is 9.78 Å². The highest BCUT2D eigenvalue weighted by Gasteiger charge is 2.20. The van der Waals surface area contributed by atoms with Crippen molar-refractivity contribution in [3.8, 4) is 0 Å². The molecule has 4 rings (SSSR count). The number of aryl methyl sites for hydroxylation is 1. The monoisotopic (exact) mass is 541 g/mol. The van der Waals surface area contributed by atoms with E-state index in [9.17, 15) is 9.18 Å². The third kappa shape index (κ3) is 5.16. The highest BCUT2D eigenvalue weighted by molar-refractivity contribution is 9.13. The predicted octanol–water partition coefficient (Wildman–Crippen LogP) is 5.47. The topological polar surface area (TPSA) is 38.1 Å². The summed E-state index contributed by atoms with van der Waals surface area (Å²) in [6.45, 7) is 3.46. The van der Waals surface area contributed by atoms with Crippen LogP contribution in [0.15, 0.2) is 43.5 Å². The number of piperidine rings is 1. The normalized spacial score (nSPS) is 16.0. The van der Waals surface area contributed by atoms with Crippen molar-refractivity contribution in [3.05, 3.63) is 59.8 Å². The number of nitrogens with zero attached hydrogens (tertiary/aromatic N) is 3. The molecular formula is C21H22Br2FN3OS. The molecule has 1 saturated heterocycles. The molecule has 154 valence electrons. The molecule has 0 aliphatic carbocycles. The first-order chi connectivity index (χ1) is 14.0. The highest BCUT2D eigenvalue weighted by atomic mass is 79.9. The van der Waals surface area contributed by atoms with E-state index in [1.165, 1.54) is 46.3 Å². The van der Waals surface area contributed by atoms with Gasteiger partial charge in [0.1, 0.15) is 5.82 Å². The van der Waals surface area contributed by atoms with Gasteiger partial charge in [0.25, 0.3) is 5.56 Å². The van der Waals surface area contributed by atoms with Crippen LogP contribution in [0.2, 0.25) is 0 Å². The Morgan fingerprint density at radius 3 is 2.69 bits per heavy atom. The van der Waals surface area contributed by atoms with E-state index in [4.69, 9.17) is 0 Å². The molecule has 0 radical (unpaired) electrons. The molecular weight excluding hydrogens is 521 g/mol. The van der Waals surface area contributed by atoms with Crippen LogP contribution in [0.25, 0.3) is 11.0 Å². The number of likely N-dealkylation sites (tertiary alicyclic amines) is 1. The van der Waals surface area contributed by atoms with Gasteiger partial charge in [-0.1, -0.05) is 0 Å². The van der Waals surface area contributed by atoms with E-state index < -0.39 is 5.82 Å². The molecule has 0 saturated carbocycles. The molecule has 3 aromatic rings. The third-order valence-electron chi connectivity index (χ3n) is 5.65. The Morgan fingerprint density at radius 1 is 1.17 bits per heavy atom. The number of fused-ring (bicyclic) bond motifs is 1. The van der Waals surface area contributed by atoms with Crippen LogP contribution in [0.5, 0.6) is 0 Å². The number of halogens is 3. The van der Waals surface area contributed by atoms with Crippen molar-refractivity contribution in [2.75, 3.05) is 19.6 Å². The predicted molar refractivity (Wildman–Crippen MR) is 123 cm³/mol. The quantitative estimate of drug-likeness (QED) is 0.414. The fourth-order valence-corrected chi connectivity index (χ4v) is 6.17. The maximum atomic E-state index is 13.6. The number of hydrogen-bond acceptors (Lipinski definition) is 4. The summed E-state index contributed by atoms with van der Waals surface area (Å²) in [5.74, 6) is 0.340. The fraction of sp³-hybridized carbons (Fsp3) is 0.429. The minimum atomic E-state index is -0.414. The van der Waals surface area contributed by atoms with Crippen molar-refractivity contribution in [1.82, 2.24) is 14.5 Å². The Bertz CT molecular complexity index is 1040. The molecule has 1 aliphatic heterocycles. The van der Waals surface area contributed by atoms with Crippen LogP contribution in [0.4, 0.5) is 4.39 Å². The first-order valence-corrected chi connectivity index (χ1v) is 12.2. The lowest BCUT2D eigenvalue weighted by Gasteiger charge is -2.32. The van der Waals surface area contributed by atoms with Crippen molar-refractivity contribution < 1.29 is 4.39 Å². The molecule has 1 fully saturated rings. The van der Waals surface area contributed by atoms with Crippen LogP contribution < -0.4 is 5.56 Å². The first kappa shape index (κ1) is 21.2. The Balaban J connectivity index is 1.30. The second-order valence-corrected chi connectivity index (χ2v) is 10.8. The summed E-state index contributed by atoms with van der Waals surface area (Å²) in [5, 5.41) is 0. The number of thiophene rings is 1. The minimum Gasteiger partial charge on any atom is -0.305 e. The molecule has 0 bridgehead atoms. The van der Waals surface area contributed by atoms with Gasteiger partial charge in [-0.15, -0.1) is 11.3 Å². The van der Waals surface area contributed by atoms with E-state index in [0.717, 1.165) is 36.4 Å².